The molecule has 3 aromatic rings. The largest absolute Gasteiger partial charge is 0.497 e. The minimum Gasteiger partial charge on any atom is -0.497 e. The molecular weight excluding hydrogens is 262 g/mol. The van der Waals surface area contributed by atoms with Crippen molar-refractivity contribution in [1.29, 1.82) is 0 Å². The van der Waals surface area contributed by atoms with E-state index in [0.29, 0.717) is 0 Å². The Kier molecular flexibility index (Phi) is 2.78. The lowest BCUT2D eigenvalue weighted by Gasteiger charge is -2.12. The van der Waals surface area contributed by atoms with Crippen molar-refractivity contribution in [3.8, 4) is 5.75 Å². The Morgan fingerprint density at radius 1 is 1.14 bits per heavy atom. The van der Waals surface area contributed by atoms with E-state index in [1.807, 2.05) is 24.3 Å². The topological polar surface area (TPSA) is 34.7 Å². The van der Waals surface area contributed by atoms with E-state index in [1.54, 1.807) is 7.11 Å². The van der Waals surface area contributed by atoms with Crippen LogP contribution in [0.2, 0.25) is 0 Å². The lowest BCUT2D eigenvalue weighted by molar-refractivity contribution is 0.415. The van der Waals surface area contributed by atoms with Crippen molar-refractivity contribution in [2.75, 3.05) is 7.11 Å². The third kappa shape index (κ3) is 2.02. The maximum atomic E-state index is 5.87. The molecule has 1 aromatic heterocycles. The molecule has 0 aliphatic carbocycles. The molecule has 0 N–H and O–H groups in total. The second kappa shape index (κ2) is 4.77. The standard InChI is InChI=1S/C18H15NO2/c1-20-13-7-9-16-14(11-13)18-17(21-16)10-8-15(19-18)12-5-3-2-4-6-12/h2-7,9-11,15H,8H2,1H3. The molecule has 4 rings (SSSR count). The van der Waals surface area contributed by atoms with Gasteiger partial charge in [0, 0.05) is 5.39 Å². The summed E-state index contributed by atoms with van der Waals surface area (Å²) in [5, 5.41) is 1.95. The molecule has 0 saturated carbocycles. The van der Waals surface area contributed by atoms with Gasteiger partial charge in [0.25, 0.3) is 0 Å². The van der Waals surface area contributed by atoms with Gasteiger partial charge >= 0.3 is 0 Å². The van der Waals surface area contributed by atoms with Gasteiger partial charge in [-0.2, -0.15) is 0 Å². The number of methoxy groups -OCH3 is 1. The van der Waals surface area contributed by atoms with Crippen LogP contribution in [0, 0.1) is 0 Å². The Bertz CT molecular complexity index is 910. The van der Waals surface area contributed by atoms with Crippen molar-refractivity contribution >= 4 is 17.0 Å². The molecule has 0 radical (unpaired) electrons. The number of hydrogen-bond acceptors (Lipinski definition) is 3. The maximum Gasteiger partial charge on any atom is 0.149 e. The Morgan fingerprint density at radius 3 is 2.81 bits per heavy atom. The zero-order chi connectivity index (χ0) is 14.2. The summed E-state index contributed by atoms with van der Waals surface area (Å²) in [5.74, 6) is 0.822. The lowest BCUT2D eigenvalue weighted by atomic mass is 10.0. The van der Waals surface area contributed by atoms with Crippen molar-refractivity contribution < 1.29 is 9.15 Å². The van der Waals surface area contributed by atoms with E-state index in [2.05, 4.69) is 30.3 Å². The van der Waals surface area contributed by atoms with Crippen LogP contribution < -0.4 is 15.5 Å². The van der Waals surface area contributed by atoms with Gasteiger partial charge in [-0.3, -0.25) is 4.99 Å². The third-order valence-electron chi connectivity index (χ3n) is 3.89. The molecule has 0 fully saturated rings. The Morgan fingerprint density at radius 2 is 2.00 bits per heavy atom. The van der Waals surface area contributed by atoms with Crippen LogP contribution in [0.4, 0.5) is 0 Å². The Labute approximate surface area is 122 Å². The van der Waals surface area contributed by atoms with Crippen LogP contribution in [-0.2, 0) is 0 Å². The zero-order valence-electron chi connectivity index (χ0n) is 11.7. The fraction of sp³-hybridized carbons (Fsp3) is 0.167. The van der Waals surface area contributed by atoms with E-state index in [9.17, 15) is 0 Å². The van der Waals surface area contributed by atoms with Crippen molar-refractivity contribution in [2.24, 2.45) is 4.99 Å². The van der Waals surface area contributed by atoms with Crippen LogP contribution in [0.1, 0.15) is 18.0 Å². The fourth-order valence-electron chi connectivity index (χ4n) is 2.79. The molecule has 3 nitrogen and oxygen atoms in total. The molecule has 2 aromatic carbocycles. The molecule has 1 aliphatic heterocycles. The van der Waals surface area contributed by atoms with Gasteiger partial charge in [0.15, 0.2) is 0 Å². The number of ether oxygens (including phenoxy) is 1. The highest BCUT2D eigenvalue weighted by Crippen LogP contribution is 2.24. The Balaban J connectivity index is 1.93. The normalized spacial score (nSPS) is 16.9. The average Bonchev–Trinajstić information content (AvgIpc) is 2.92. The van der Waals surface area contributed by atoms with Gasteiger partial charge in [0.1, 0.15) is 22.1 Å². The highest BCUT2D eigenvalue weighted by Gasteiger charge is 2.15. The molecule has 21 heavy (non-hydrogen) atoms. The van der Waals surface area contributed by atoms with E-state index in [-0.39, 0.29) is 6.04 Å². The van der Waals surface area contributed by atoms with Crippen LogP contribution in [0.25, 0.3) is 17.0 Å². The SMILES string of the molecule is COc1ccc2oc3c(c2c1)=NC(c1ccccc1)CC=3. The molecule has 0 saturated heterocycles. The summed E-state index contributed by atoms with van der Waals surface area (Å²) in [7, 11) is 1.67. The predicted octanol–water partition coefficient (Wildman–Crippen LogP) is 2.99. The predicted molar refractivity (Wildman–Crippen MR) is 81.8 cm³/mol. The van der Waals surface area contributed by atoms with Crippen LogP contribution >= 0.6 is 0 Å². The van der Waals surface area contributed by atoms with E-state index >= 15 is 0 Å². The molecule has 104 valence electrons. The maximum absolute atomic E-state index is 5.87. The number of rotatable bonds is 2. The summed E-state index contributed by atoms with van der Waals surface area (Å²) in [5.41, 5.74) is 2.96. The number of hydrogen-bond donors (Lipinski definition) is 0. The zero-order valence-corrected chi connectivity index (χ0v) is 11.7. The van der Waals surface area contributed by atoms with Crippen molar-refractivity contribution in [2.45, 2.75) is 12.5 Å². The van der Waals surface area contributed by atoms with Crippen molar-refractivity contribution in [3.05, 3.63) is 64.9 Å². The number of furan rings is 1. The van der Waals surface area contributed by atoms with E-state index in [0.717, 1.165) is 33.9 Å². The molecule has 0 spiro atoms. The van der Waals surface area contributed by atoms with Crippen LogP contribution in [0.5, 0.6) is 5.75 Å². The molecule has 3 heteroatoms. The number of benzene rings is 2. The van der Waals surface area contributed by atoms with Crippen LogP contribution in [0.3, 0.4) is 0 Å². The summed E-state index contributed by atoms with van der Waals surface area (Å²) >= 11 is 0. The first-order valence-corrected chi connectivity index (χ1v) is 7.04. The first-order valence-electron chi connectivity index (χ1n) is 7.04. The fourth-order valence-corrected chi connectivity index (χ4v) is 2.79. The first kappa shape index (κ1) is 12.2. The van der Waals surface area contributed by atoms with Gasteiger partial charge in [-0.15, -0.1) is 0 Å². The third-order valence-corrected chi connectivity index (χ3v) is 3.89. The van der Waals surface area contributed by atoms with Crippen molar-refractivity contribution in [3.63, 3.8) is 0 Å². The Hall–Kier alpha value is -2.55. The molecule has 0 amide bonds. The average molecular weight is 277 g/mol. The summed E-state index contributed by atoms with van der Waals surface area (Å²) in [6, 6.07) is 16.4. The van der Waals surface area contributed by atoms with Gasteiger partial charge in [-0.1, -0.05) is 30.3 Å². The van der Waals surface area contributed by atoms with Crippen molar-refractivity contribution in [1.82, 2.24) is 0 Å². The van der Waals surface area contributed by atoms with Gasteiger partial charge in [0.2, 0.25) is 0 Å². The molecule has 1 aliphatic rings. The van der Waals surface area contributed by atoms with E-state index < -0.39 is 0 Å². The first-order chi connectivity index (χ1) is 10.3. The quantitative estimate of drug-likeness (QED) is 0.721. The summed E-state index contributed by atoms with van der Waals surface area (Å²) in [6.07, 6.45) is 3.00. The molecule has 2 heterocycles. The van der Waals surface area contributed by atoms with Gasteiger partial charge in [0.05, 0.1) is 13.2 Å². The highest BCUT2D eigenvalue weighted by atomic mass is 16.5. The van der Waals surface area contributed by atoms with Gasteiger partial charge < -0.3 is 9.15 Å². The number of fused-ring (bicyclic) bond motifs is 3. The molecule has 1 unspecified atom stereocenters. The summed E-state index contributed by atoms with van der Waals surface area (Å²) in [6.45, 7) is 0. The van der Waals surface area contributed by atoms with Crippen LogP contribution in [0.15, 0.2) is 57.9 Å². The summed E-state index contributed by atoms with van der Waals surface area (Å²) < 4.78 is 11.2. The minimum absolute atomic E-state index is 0.158. The smallest absolute Gasteiger partial charge is 0.149 e. The lowest BCUT2D eigenvalue weighted by Crippen LogP contribution is -2.25. The van der Waals surface area contributed by atoms with E-state index in [1.165, 1.54) is 5.56 Å². The van der Waals surface area contributed by atoms with Gasteiger partial charge in [-0.25, -0.2) is 0 Å². The van der Waals surface area contributed by atoms with E-state index in [4.69, 9.17) is 14.1 Å². The van der Waals surface area contributed by atoms with Crippen LogP contribution in [-0.4, -0.2) is 7.11 Å². The second-order valence-electron chi connectivity index (χ2n) is 5.17. The highest BCUT2D eigenvalue weighted by molar-refractivity contribution is 5.78. The van der Waals surface area contributed by atoms with Gasteiger partial charge in [-0.05, 0) is 36.3 Å². The molecule has 0 bridgehead atoms. The molecule has 1 atom stereocenters. The summed E-state index contributed by atoms with van der Waals surface area (Å²) in [4.78, 5) is 4.90. The number of nitrogens with zero attached hydrogens (tertiary/aromatic N) is 1. The minimum atomic E-state index is 0.158. The molecular formula is C18H15NO2. The monoisotopic (exact) mass is 277 g/mol. The second-order valence-corrected chi connectivity index (χ2v) is 5.17.